The Morgan fingerprint density at radius 3 is 2.59 bits per heavy atom. The minimum Gasteiger partial charge on any atom is -0.368 e. The van der Waals surface area contributed by atoms with E-state index < -0.39 is 0 Å². The Morgan fingerprint density at radius 2 is 1.81 bits per heavy atom. The fourth-order valence-electron chi connectivity index (χ4n) is 3.39. The molecular formula is C19H24N8. The number of nitrogens with two attached hydrogens (primary N) is 1. The molecule has 1 aliphatic rings. The van der Waals surface area contributed by atoms with Crippen LogP contribution in [0.3, 0.4) is 0 Å². The van der Waals surface area contributed by atoms with Gasteiger partial charge in [0.25, 0.3) is 0 Å². The maximum atomic E-state index is 6.08. The molecule has 8 nitrogen and oxygen atoms in total. The second-order valence-corrected chi connectivity index (χ2v) is 6.83. The van der Waals surface area contributed by atoms with Gasteiger partial charge in [0, 0.05) is 17.8 Å². The molecule has 0 atom stereocenters. The molecule has 1 aliphatic carbocycles. The molecule has 2 heterocycles. The first-order valence-electron chi connectivity index (χ1n) is 9.34. The van der Waals surface area contributed by atoms with Gasteiger partial charge in [-0.2, -0.15) is 9.67 Å². The summed E-state index contributed by atoms with van der Waals surface area (Å²) in [7, 11) is 0. The minimum atomic E-state index is 0.273. The van der Waals surface area contributed by atoms with Crippen molar-refractivity contribution in [2.24, 2.45) is 0 Å². The van der Waals surface area contributed by atoms with E-state index in [0.29, 0.717) is 23.6 Å². The quantitative estimate of drug-likeness (QED) is 0.636. The van der Waals surface area contributed by atoms with Crippen LogP contribution in [0.25, 0.3) is 5.82 Å². The number of rotatable bonds is 5. The highest BCUT2D eigenvalue weighted by atomic mass is 15.4. The van der Waals surface area contributed by atoms with E-state index in [2.05, 4.69) is 30.7 Å². The van der Waals surface area contributed by atoms with Crippen LogP contribution in [0.15, 0.2) is 36.4 Å². The molecule has 1 saturated carbocycles. The monoisotopic (exact) mass is 364 g/mol. The van der Waals surface area contributed by atoms with Gasteiger partial charge in [-0.1, -0.05) is 37.5 Å². The fourth-order valence-corrected chi connectivity index (χ4v) is 3.39. The Morgan fingerprint density at radius 1 is 1.04 bits per heavy atom. The lowest BCUT2D eigenvalue weighted by Crippen LogP contribution is -2.23. The van der Waals surface area contributed by atoms with Gasteiger partial charge in [0.1, 0.15) is 11.6 Å². The van der Waals surface area contributed by atoms with Gasteiger partial charge in [-0.25, -0.2) is 9.97 Å². The van der Waals surface area contributed by atoms with Gasteiger partial charge >= 0.3 is 0 Å². The summed E-state index contributed by atoms with van der Waals surface area (Å²) in [5, 5.41) is 11.1. The van der Waals surface area contributed by atoms with Crippen molar-refractivity contribution < 1.29 is 0 Å². The summed E-state index contributed by atoms with van der Waals surface area (Å²) in [5.74, 6) is 2.77. The molecule has 1 aromatic carbocycles. The van der Waals surface area contributed by atoms with E-state index in [9.17, 15) is 0 Å². The van der Waals surface area contributed by atoms with Crippen LogP contribution in [0.2, 0.25) is 0 Å². The third kappa shape index (κ3) is 4.16. The van der Waals surface area contributed by atoms with Crippen molar-refractivity contribution in [3.8, 4) is 5.82 Å². The summed E-state index contributed by atoms with van der Waals surface area (Å²) in [5.41, 5.74) is 6.98. The van der Waals surface area contributed by atoms with Gasteiger partial charge < -0.3 is 16.4 Å². The van der Waals surface area contributed by atoms with Crippen molar-refractivity contribution in [1.82, 2.24) is 24.7 Å². The van der Waals surface area contributed by atoms with Gasteiger partial charge in [-0.15, -0.1) is 5.10 Å². The predicted octanol–water partition coefficient (Wildman–Crippen LogP) is 3.44. The van der Waals surface area contributed by atoms with E-state index in [4.69, 9.17) is 5.73 Å². The molecule has 0 amide bonds. The van der Waals surface area contributed by atoms with E-state index in [1.165, 1.54) is 36.8 Å². The number of aromatic nitrogens is 5. The van der Waals surface area contributed by atoms with E-state index in [0.717, 1.165) is 11.5 Å². The first-order valence-corrected chi connectivity index (χ1v) is 9.34. The van der Waals surface area contributed by atoms with Gasteiger partial charge in [-0.05, 0) is 31.9 Å². The fraction of sp³-hybridized carbons (Fsp3) is 0.368. The molecule has 0 saturated heterocycles. The highest BCUT2D eigenvalue weighted by Crippen LogP contribution is 2.22. The molecule has 0 spiro atoms. The summed E-state index contributed by atoms with van der Waals surface area (Å²) in [4.78, 5) is 13.3. The summed E-state index contributed by atoms with van der Waals surface area (Å²) in [6.45, 7) is 1.87. The predicted molar refractivity (Wildman–Crippen MR) is 106 cm³/mol. The van der Waals surface area contributed by atoms with Crippen LogP contribution < -0.4 is 16.4 Å². The van der Waals surface area contributed by atoms with Crippen molar-refractivity contribution in [3.05, 3.63) is 42.2 Å². The van der Waals surface area contributed by atoms with Crippen molar-refractivity contribution in [2.75, 3.05) is 16.4 Å². The first kappa shape index (κ1) is 17.3. The highest BCUT2D eigenvalue weighted by molar-refractivity contribution is 5.54. The average Bonchev–Trinajstić information content (AvgIpc) is 3.03. The summed E-state index contributed by atoms with van der Waals surface area (Å²) in [6, 6.07) is 12.1. The number of hydrogen-bond acceptors (Lipinski definition) is 7. The van der Waals surface area contributed by atoms with Crippen LogP contribution in [0.4, 0.5) is 23.4 Å². The standard InChI is InChI=1S/C19H24N8/c1-13-21-16(23-14-8-4-2-5-9-14)12-17(22-13)27-18(20)25-19(26-27)24-15-10-6-3-7-11-15/h3,6-7,10-12,14H,2,4-5,8-9H2,1H3,(H,21,22,23)(H3,20,24,25,26). The highest BCUT2D eigenvalue weighted by Gasteiger charge is 2.16. The Kier molecular flexibility index (Phi) is 4.86. The lowest BCUT2D eigenvalue weighted by atomic mass is 9.95. The molecule has 8 heteroatoms. The molecule has 4 N–H and O–H groups in total. The zero-order chi connectivity index (χ0) is 18.6. The molecule has 0 bridgehead atoms. The zero-order valence-corrected chi connectivity index (χ0v) is 15.4. The SMILES string of the molecule is Cc1nc(NC2CCCCC2)cc(-n2nc(Nc3ccccc3)nc2N)n1. The Hall–Kier alpha value is -3.16. The third-order valence-electron chi connectivity index (χ3n) is 4.66. The molecular weight excluding hydrogens is 340 g/mol. The minimum absolute atomic E-state index is 0.273. The van der Waals surface area contributed by atoms with Crippen molar-refractivity contribution >= 4 is 23.4 Å². The van der Waals surface area contributed by atoms with Gasteiger partial charge in [0.15, 0.2) is 5.82 Å². The van der Waals surface area contributed by atoms with Gasteiger partial charge in [-0.3, -0.25) is 0 Å². The lowest BCUT2D eigenvalue weighted by Gasteiger charge is -2.23. The summed E-state index contributed by atoms with van der Waals surface area (Å²) >= 11 is 0. The lowest BCUT2D eigenvalue weighted by molar-refractivity contribution is 0.461. The van der Waals surface area contributed by atoms with Crippen LogP contribution in [-0.2, 0) is 0 Å². The van der Waals surface area contributed by atoms with E-state index in [-0.39, 0.29) is 5.95 Å². The van der Waals surface area contributed by atoms with Crippen molar-refractivity contribution in [3.63, 3.8) is 0 Å². The van der Waals surface area contributed by atoms with Crippen LogP contribution in [0.1, 0.15) is 37.9 Å². The first-order chi connectivity index (χ1) is 13.2. The molecule has 0 unspecified atom stereocenters. The maximum Gasteiger partial charge on any atom is 0.248 e. The topological polar surface area (TPSA) is 107 Å². The van der Waals surface area contributed by atoms with E-state index >= 15 is 0 Å². The third-order valence-corrected chi connectivity index (χ3v) is 4.66. The van der Waals surface area contributed by atoms with Gasteiger partial charge in [0.2, 0.25) is 11.9 Å². The van der Waals surface area contributed by atoms with Crippen LogP contribution in [0, 0.1) is 6.92 Å². The van der Waals surface area contributed by atoms with Crippen LogP contribution in [-0.4, -0.2) is 30.8 Å². The molecule has 0 aliphatic heterocycles. The molecule has 3 aromatic rings. The Balaban J connectivity index is 1.57. The number of nitrogens with zero attached hydrogens (tertiary/aromatic N) is 5. The Bertz CT molecular complexity index is 899. The average molecular weight is 364 g/mol. The smallest absolute Gasteiger partial charge is 0.248 e. The van der Waals surface area contributed by atoms with E-state index in [1.807, 2.05) is 43.3 Å². The number of para-hydroxylation sites is 1. The molecule has 1 fully saturated rings. The molecule has 140 valence electrons. The van der Waals surface area contributed by atoms with Crippen LogP contribution in [0.5, 0.6) is 0 Å². The second-order valence-electron chi connectivity index (χ2n) is 6.83. The molecule has 27 heavy (non-hydrogen) atoms. The summed E-state index contributed by atoms with van der Waals surface area (Å²) < 4.78 is 1.53. The van der Waals surface area contributed by atoms with Crippen molar-refractivity contribution in [2.45, 2.75) is 45.1 Å². The maximum absolute atomic E-state index is 6.08. The Labute approximate surface area is 158 Å². The molecule has 0 radical (unpaired) electrons. The largest absolute Gasteiger partial charge is 0.368 e. The number of nitrogens with one attached hydrogen (secondary N) is 2. The molecule has 2 aromatic heterocycles. The number of nitrogen functional groups attached to an aromatic ring is 1. The summed E-state index contributed by atoms with van der Waals surface area (Å²) in [6.07, 6.45) is 6.20. The number of benzene rings is 1. The zero-order valence-electron chi connectivity index (χ0n) is 15.4. The number of anilines is 4. The van der Waals surface area contributed by atoms with Crippen LogP contribution >= 0.6 is 0 Å². The van der Waals surface area contributed by atoms with Gasteiger partial charge in [0.05, 0.1) is 0 Å². The number of hydrogen-bond donors (Lipinski definition) is 3. The molecule has 4 rings (SSSR count). The second kappa shape index (κ2) is 7.61. The van der Waals surface area contributed by atoms with E-state index in [1.54, 1.807) is 0 Å². The number of aryl methyl sites for hydroxylation is 1. The van der Waals surface area contributed by atoms with Crippen molar-refractivity contribution in [1.29, 1.82) is 0 Å². The normalized spacial score (nSPS) is 14.9.